The Hall–Kier alpha value is -2.65. The van der Waals surface area contributed by atoms with Gasteiger partial charge >= 0.3 is 0 Å². The molecule has 2 heterocycles. The average molecular weight is 547 g/mol. The molecule has 0 spiro atoms. The molecule has 0 aliphatic heterocycles. The number of aryl methyl sites for hydroxylation is 1. The van der Waals surface area contributed by atoms with Crippen LogP contribution in [0.15, 0.2) is 65.0 Å². The number of benzene rings is 2. The fourth-order valence-corrected chi connectivity index (χ4v) is 7.11. The number of nitrogens with one attached hydrogen (secondary N) is 1. The Balaban J connectivity index is 1.34. The molecule has 1 amide bonds. The first-order valence-electron chi connectivity index (χ1n) is 11.0. The SMILES string of the molecule is O=C(C/C=C1\CCCc2cnn(Cc3ccc(Cl)cc3Cl)c21)NS(=O)(=O)c1cc2ccccc2s1. The fourth-order valence-electron chi connectivity index (χ4n) is 4.24. The molecule has 5 rings (SSSR count). The number of carbonyl (C=O) groups excluding carboxylic acids is 1. The summed E-state index contributed by atoms with van der Waals surface area (Å²) < 4.78 is 30.6. The van der Waals surface area contributed by atoms with Crippen molar-refractivity contribution >= 4 is 66.1 Å². The highest BCUT2D eigenvalue weighted by Gasteiger charge is 2.23. The van der Waals surface area contributed by atoms with Gasteiger partial charge in [-0.3, -0.25) is 9.48 Å². The molecular formula is C25H21Cl2N3O3S2. The Morgan fingerprint density at radius 2 is 1.97 bits per heavy atom. The van der Waals surface area contributed by atoms with E-state index in [2.05, 4.69) is 9.82 Å². The minimum Gasteiger partial charge on any atom is -0.274 e. The third-order valence-corrected chi connectivity index (χ3v) is 9.45. The molecule has 6 nitrogen and oxygen atoms in total. The monoisotopic (exact) mass is 545 g/mol. The number of nitrogens with zero attached hydrogens (tertiary/aromatic N) is 2. The third-order valence-electron chi connectivity index (χ3n) is 5.90. The lowest BCUT2D eigenvalue weighted by molar-refractivity contribution is -0.118. The number of halogens is 2. The van der Waals surface area contributed by atoms with Gasteiger partial charge in [-0.05, 0) is 65.6 Å². The number of aromatic nitrogens is 2. The Bertz CT molecular complexity index is 1540. The maximum Gasteiger partial charge on any atom is 0.273 e. The van der Waals surface area contributed by atoms with Gasteiger partial charge in [0, 0.05) is 21.2 Å². The van der Waals surface area contributed by atoms with Gasteiger partial charge in [0.05, 0.1) is 18.4 Å². The number of allylic oxidation sites excluding steroid dienone is 1. The number of hydrogen-bond donors (Lipinski definition) is 1. The Labute approximate surface area is 217 Å². The maximum absolute atomic E-state index is 12.8. The second kappa shape index (κ2) is 9.78. The van der Waals surface area contributed by atoms with E-state index < -0.39 is 15.9 Å². The highest BCUT2D eigenvalue weighted by molar-refractivity contribution is 7.92. The molecule has 1 aliphatic rings. The predicted molar refractivity (Wildman–Crippen MR) is 140 cm³/mol. The Kier molecular flexibility index (Phi) is 6.72. The van der Waals surface area contributed by atoms with Crippen LogP contribution in [-0.2, 0) is 27.8 Å². The first-order chi connectivity index (χ1) is 16.8. The largest absolute Gasteiger partial charge is 0.274 e. The van der Waals surface area contributed by atoms with Crippen molar-refractivity contribution in [3.8, 4) is 0 Å². The van der Waals surface area contributed by atoms with Crippen LogP contribution < -0.4 is 4.72 Å². The molecule has 4 aromatic rings. The second-order valence-corrected chi connectivity index (χ2v) is 12.2. The smallest absolute Gasteiger partial charge is 0.273 e. The van der Waals surface area contributed by atoms with Crippen LogP contribution in [0.4, 0.5) is 0 Å². The maximum atomic E-state index is 12.8. The van der Waals surface area contributed by atoms with E-state index in [0.717, 1.165) is 63.1 Å². The van der Waals surface area contributed by atoms with Crippen molar-refractivity contribution in [3.63, 3.8) is 0 Å². The summed E-state index contributed by atoms with van der Waals surface area (Å²) in [5.41, 5.74) is 3.93. The summed E-state index contributed by atoms with van der Waals surface area (Å²) in [5.74, 6) is -0.575. The zero-order valence-electron chi connectivity index (χ0n) is 18.5. The van der Waals surface area contributed by atoms with E-state index in [1.165, 1.54) is 0 Å². The molecule has 0 unspecified atom stereocenters. The molecule has 2 aromatic carbocycles. The van der Waals surface area contributed by atoms with Gasteiger partial charge in [0.15, 0.2) is 0 Å². The average Bonchev–Trinajstić information content (AvgIpc) is 3.44. The standard InChI is InChI=1S/C25H21Cl2N3O3S2/c26-20-10-8-19(21(27)13-20)15-30-25-16(5-3-6-18(25)14-28-30)9-11-23(31)29-35(32,33)24-12-17-4-1-2-7-22(17)34-24/h1-2,4,7-10,12-14H,3,5-6,11,15H2,(H,29,31)/b16-9+. The number of sulfonamides is 1. The zero-order valence-corrected chi connectivity index (χ0v) is 21.6. The van der Waals surface area contributed by atoms with Crippen LogP contribution in [0.25, 0.3) is 15.7 Å². The van der Waals surface area contributed by atoms with Crippen LogP contribution in [0, 0.1) is 0 Å². The minimum absolute atomic E-state index is 0.0498. The van der Waals surface area contributed by atoms with E-state index in [-0.39, 0.29) is 10.6 Å². The van der Waals surface area contributed by atoms with Crippen molar-refractivity contribution < 1.29 is 13.2 Å². The first-order valence-corrected chi connectivity index (χ1v) is 14.1. The molecule has 0 radical (unpaired) electrons. The van der Waals surface area contributed by atoms with E-state index in [4.69, 9.17) is 23.2 Å². The molecule has 0 saturated heterocycles. The molecule has 1 N–H and O–H groups in total. The lowest BCUT2D eigenvalue weighted by Gasteiger charge is -2.18. The lowest BCUT2D eigenvalue weighted by Crippen LogP contribution is -2.29. The highest BCUT2D eigenvalue weighted by atomic mass is 35.5. The molecule has 35 heavy (non-hydrogen) atoms. The number of hydrogen-bond acceptors (Lipinski definition) is 5. The van der Waals surface area contributed by atoms with Crippen LogP contribution >= 0.6 is 34.5 Å². The summed E-state index contributed by atoms with van der Waals surface area (Å²) in [6, 6.07) is 14.3. The first kappa shape index (κ1) is 24.1. The summed E-state index contributed by atoms with van der Waals surface area (Å²) in [7, 11) is -3.93. The molecule has 0 saturated carbocycles. The van der Waals surface area contributed by atoms with Crippen molar-refractivity contribution in [2.24, 2.45) is 0 Å². The van der Waals surface area contributed by atoms with Crippen LogP contribution in [0.5, 0.6) is 0 Å². The third kappa shape index (κ3) is 5.16. The van der Waals surface area contributed by atoms with Gasteiger partial charge in [-0.1, -0.05) is 53.5 Å². The molecule has 2 aromatic heterocycles. The molecular weight excluding hydrogens is 525 g/mol. The summed E-state index contributed by atoms with van der Waals surface area (Å²) in [6.07, 6.45) is 6.21. The van der Waals surface area contributed by atoms with Gasteiger partial charge in [-0.2, -0.15) is 5.10 Å². The van der Waals surface area contributed by atoms with E-state index in [0.29, 0.717) is 16.6 Å². The second-order valence-electron chi connectivity index (χ2n) is 8.33. The lowest BCUT2D eigenvalue weighted by atomic mass is 9.92. The van der Waals surface area contributed by atoms with Crippen LogP contribution in [-0.4, -0.2) is 24.1 Å². The van der Waals surface area contributed by atoms with E-state index in [9.17, 15) is 13.2 Å². The Morgan fingerprint density at radius 1 is 1.14 bits per heavy atom. The predicted octanol–water partition coefficient (Wildman–Crippen LogP) is 6.07. The van der Waals surface area contributed by atoms with Gasteiger partial charge in [0.1, 0.15) is 4.21 Å². The summed E-state index contributed by atoms with van der Waals surface area (Å²) in [5, 5.41) is 6.50. The number of amides is 1. The van der Waals surface area contributed by atoms with Gasteiger partial charge in [0.25, 0.3) is 10.0 Å². The minimum atomic E-state index is -3.93. The van der Waals surface area contributed by atoms with Gasteiger partial charge < -0.3 is 0 Å². The van der Waals surface area contributed by atoms with Crippen molar-refractivity contribution in [3.05, 3.63) is 87.7 Å². The number of rotatable bonds is 6. The summed E-state index contributed by atoms with van der Waals surface area (Å²) >= 11 is 13.5. The zero-order chi connectivity index (χ0) is 24.6. The van der Waals surface area contributed by atoms with Crippen LogP contribution in [0.1, 0.15) is 36.1 Å². The number of carbonyl (C=O) groups is 1. The summed E-state index contributed by atoms with van der Waals surface area (Å²) in [4.78, 5) is 12.6. The van der Waals surface area contributed by atoms with Crippen LogP contribution in [0.2, 0.25) is 10.0 Å². The van der Waals surface area contributed by atoms with Crippen molar-refractivity contribution in [2.75, 3.05) is 0 Å². The van der Waals surface area contributed by atoms with Gasteiger partial charge in [-0.15, -0.1) is 11.3 Å². The van der Waals surface area contributed by atoms with Crippen molar-refractivity contribution in [1.82, 2.24) is 14.5 Å². The van der Waals surface area contributed by atoms with Crippen molar-refractivity contribution in [2.45, 2.75) is 36.4 Å². The quantitative estimate of drug-likeness (QED) is 0.319. The highest BCUT2D eigenvalue weighted by Crippen LogP contribution is 2.33. The van der Waals surface area contributed by atoms with E-state index in [1.54, 1.807) is 24.3 Å². The molecule has 1 aliphatic carbocycles. The normalized spacial score (nSPS) is 14.9. The van der Waals surface area contributed by atoms with Crippen LogP contribution in [0.3, 0.4) is 0 Å². The van der Waals surface area contributed by atoms with Gasteiger partial charge in [-0.25, -0.2) is 13.1 Å². The molecule has 10 heteroatoms. The molecule has 0 fully saturated rings. The topological polar surface area (TPSA) is 81.1 Å². The Morgan fingerprint density at radius 3 is 2.77 bits per heavy atom. The van der Waals surface area contributed by atoms with E-state index in [1.807, 2.05) is 41.2 Å². The number of fused-ring (bicyclic) bond motifs is 2. The number of thiophene rings is 1. The molecule has 180 valence electrons. The molecule has 0 bridgehead atoms. The summed E-state index contributed by atoms with van der Waals surface area (Å²) in [6.45, 7) is 0.467. The van der Waals surface area contributed by atoms with E-state index >= 15 is 0 Å². The van der Waals surface area contributed by atoms with Crippen molar-refractivity contribution in [1.29, 1.82) is 0 Å². The fraction of sp³-hybridized carbons (Fsp3) is 0.200. The molecule has 0 atom stereocenters. The van der Waals surface area contributed by atoms with Gasteiger partial charge in [0.2, 0.25) is 5.91 Å².